The van der Waals surface area contributed by atoms with E-state index in [1.165, 1.54) is 24.3 Å². The fourth-order valence-electron chi connectivity index (χ4n) is 3.16. The van der Waals surface area contributed by atoms with Crippen molar-refractivity contribution in [2.24, 2.45) is 0 Å². The number of amides is 1. The molecular weight excluding hydrogens is 408 g/mol. The summed E-state index contributed by atoms with van der Waals surface area (Å²) in [5.74, 6) is -0.258. The van der Waals surface area contributed by atoms with Gasteiger partial charge in [0, 0.05) is 43.0 Å². The Morgan fingerprint density at radius 1 is 1.21 bits per heavy atom. The zero-order chi connectivity index (χ0) is 21.2. The quantitative estimate of drug-likeness (QED) is 0.748. The molecule has 1 aromatic heterocycles. The number of benzene rings is 1. The highest BCUT2D eigenvalue weighted by molar-refractivity contribution is 7.89. The Morgan fingerprint density at radius 2 is 1.90 bits per heavy atom. The maximum atomic E-state index is 13.1. The normalized spacial score (nSPS) is 15.4. The summed E-state index contributed by atoms with van der Waals surface area (Å²) in [6, 6.07) is 4.94. The number of sulfonamides is 1. The Kier molecular flexibility index (Phi) is 6.30. The third kappa shape index (κ3) is 5.55. The first-order chi connectivity index (χ1) is 13.5. The van der Waals surface area contributed by atoms with Crippen molar-refractivity contribution in [2.75, 3.05) is 23.3 Å². The topological polar surface area (TPSA) is 91.4 Å². The van der Waals surface area contributed by atoms with Crippen LogP contribution in [0.3, 0.4) is 0 Å². The smallest absolute Gasteiger partial charge is 0.241 e. The van der Waals surface area contributed by atoms with Crippen molar-refractivity contribution >= 4 is 38.1 Å². The second-order valence-electron chi connectivity index (χ2n) is 8.11. The average molecular weight is 436 g/mol. The number of rotatable bonds is 5. The van der Waals surface area contributed by atoms with Crippen molar-refractivity contribution in [3.63, 3.8) is 0 Å². The number of nitrogens with zero attached hydrogens (tertiary/aromatic N) is 2. The third-order valence-corrected chi connectivity index (χ3v) is 7.16. The van der Waals surface area contributed by atoms with Crippen molar-refractivity contribution in [1.29, 1.82) is 0 Å². The van der Waals surface area contributed by atoms with Crippen LogP contribution < -0.4 is 14.9 Å². The molecule has 9 heteroatoms. The molecule has 1 amide bonds. The summed E-state index contributed by atoms with van der Waals surface area (Å²) in [4.78, 5) is 19.1. The van der Waals surface area contributed by atoms with Crippen LogP contribution in [0.15, 0.2) is 29.3 Å². The van der Waals surface area contributed by atoms with Gasteiger partial charge in [-0.05, 0) is 52.2 Å². The van der Waals surface area contributed by atoms with Crippen LogP contribution in [0.1, 0.15) is 40.5 Å². The molecule has 0 spiro atoms. The molecular formula is C20H27N4O3S2. The largest absolute Gasteiger partial charge is 0.348 e. The Labute approximate surface area is 176 Å². The monoisotopic (exact) mass is 435 g/mol. The van der Waals surface area contributed by atoms with Crippen LogP contribution in [0.25, 0.3) is 10.4 Å². The van der Waals surface area contributed by atoms with Crippen molar-refractivity contribution in [2.45, 2.75) is 51.0 Å². The average Bonchev–Trinajstić information content (AvgIpc) is 3.10. The predicted octanol–water partition coefficient (Wildman–Crippen LogP) is 3.65. The van der Waals surface area contributed by atoms with E-state index in [0.717, 1.165) is 35.9 Å². The maximum Gasteiger partial charge on any atom is 0.241 e. The van der Waals surface area contributed by atoms with Crippen LogP contribution in [-0.4, -0.2) is 37.9 Å². The third-order valence-electron chi connectivity index (χ3n) is 4.27. The molecule has 2 N–H and O–H groups in total. The molecule has 1 saturated heterocycles. The molecule has 7 nitrogen and oxygen atoms in total. The van der Waals surface area contributed by atoms with Gasteiger partial charge in [-0.15, -0.1) is 0 Å². The summed E-state index contributed by atoms with van der Waals surface area (Å²) in [7, 11) is -3.81. The molecule has 0 saturated carbocycles. The molecule has 1 radical (unpaired) electrons. The molecule has 1 aliphatic rings. The fraction of sp³-hybridized carbons (Fsp3) is 0.450. The maximum absolute atomic E-state index is 13.1. The van der Waals surface area contributed by atoms with Gasteiger partial charge < -0.3 is 10.2 Å². The van der Waals surface area contributed by atoms with Crippen molar-refractivity contribution in [3.8, 4) is 10.4 Å². The molecule has 157 valence electrons. The predicted molar refractivity (Wildman–Crippen MR) is 118 cm³/mol. The Hall–Kier alpha value is -1.97. The lowest BCUT2D eigenvalue weighted by molar-refractivity contribution is -0.114. The van der Waals surface area contributed by atoms with E-state index in [1.54, 1.807) is 39.1 Å². The molecule has 1 fully saturated rings. The van der Waals surface area contributed by atoms with E-state index in [2.05, 4.69) is 26.3 Å². The van der Waals surface area contributed by atoms with Crippen LogP contribution in [0.4, 0.5) is 10.8 Å². The van der Waals surface area contributed by atoms with Crippen molar-refractivity contribution < 1.29 is 13.2 Å². The molecule has 0 atom stereocenters. The van der Waals surface area contributed by atoms with E-state index < -0.39 is 15.6 Å². The number of carbonyl (C=O) groups is 1. The highest BCUT2D eigenvalue weighted by atomic mass is 32.2. The van der Waals surface area contributed by atoms with E-state index in [0.29, 0.717) is 11.3 Å². The Balaban J connectivity index is 2.03. The van der Waals surface area contributed by atoms with Crippen LogP contribution in [0, 0.1) is 6.42 Å². The zero-order valence-electron chi connectivity index (χ0n) is 17.2. The van der Waals surface area contributed by atoms with Crippen LogP contribution in [0.5, 0.6) is 0 Å². The van der Waals surface area contributed by atoms with Gasteiger partial charge in [-0.3, -0.25) is 4.79 Å². The van der Waals surface area contributed by atoms with Gasteiger partial charge in [0.1, 0.15) is 0 Å². The summed E-state index contributed by atoms with van der Waals surface area (Å²) >= 11 is 1.48. The number of anilines is 2. The molecule has 29 heavy (non-hydrogen) atoms. The molecule has 1 aromatic carbocycles. The van der Waals surface area contributed by atoms with Gasteiger partial charge in [0.2, 0.25) is 15.9 Å². The number of hydrogen-bond donors (Lipinski definition) is 2. The number of aromatic nitrogens is 1. The van der Waals surface area contributed by atoms with Gasteiger partial charge in [-0.1, -0.05) is 17.4 Å². The fourth-order valence-corrected chi connectivity index (χ4v) is 5.90. The first kappa shape index (κ1) is 21.7. The summed E-state index contributed by atoms with van der Waals surface area (Å²) < 4.78 is 29.0. The number of thiazole rings is 1. The van der Waals surface area contributed by atoms with Gasteiger partial charge in [0.05, 0.1) is 9.77 Å². The molecule has 0 unspecified atom stereocenters. The van der Waals surface area contributed by atoms with Crippen LogP contribution in [-0.2, 0) is 14.8 Å². The number of hydrogen-bond acceptors (Lipinski definition) is 6. The van der Waals surface area contributed by atoms with Crippen LogP contribution in [0.2, 0.25) is 0 Å². The molecule has 3 rings (SSSR count). The first-order valence-corrected chi connectivity index (χ1v) is 11.8. The second-order valence-corrected chi connectivity index (χ2v) is 10.8. The molecule has 0 aliphatic carbocycles. The lowest BCUT2D eigenvalue weighted by Gasteiger charge is -2.25. The SMILES string of the molecule is CC(=O)Nc1ccc(-c2cnc(N3CC[CH]CC3)s2)c(S(=O)(=O)NC(C)(C)C)c1. The minimum Gasteiger partial charge on any atom is -0.348 e. The van der Waals surface area contributed by atoms with Gasteiger partial charge in [-0.25, -0.2) is 18.1 Å². The molecule has 2 aromatic rings. The number of carbonyl (C=O) groups excluding carboxylic acids is 1. The molecule has 2 heterocycles. The summed E-state index contributed by atoms with van der Waals surface area (Å²) in [5, 5.41) is 3.56. The van der Waals surface area contributed by atoms with E-state index in [4.69, 9.17) is 0 Å². The first-order valence-electron chi connectivity index (χ1n) is 9.54. The lowest BCUT2D eigenvalue weighted by atomic mass is 10.1. The van der Waals surface area contributed by atoms with Gasteiger partial charge in [0.15, 0.2) is 5.13 Å². The lowest BCUT2D eigenvalue weighted by Crippen LogP contribution is -2.40. The summed E-state index contributed by atoms with van der Waals surface area (Å²) in [6.07, 6.45) is 6.04. The second kappa shape index (κ2) is 8.41. The Morgan fingerprint density at radius 3 is 2.52 bits per heavy atom. The summed E-state index contributed by atoms with van der Waals surface area (Å²) in [5.41, 5.74) is 0.374. The van der Waals surface area contributed by atoms with E-state index in [9.17, 15) is 13.2 Å². The van der Waals surface area contributed by atoms with Crippen molar-refractivity contribution in [1.82, 2.24) is 9.71 Å². The minimum absolute atomic E-state index is 0.126. The van der Waals surface area contributed by atoms with Gasteiger partial charge in [-0.2, -0.15) is 0 Å². The molecule has 1 aliphatic heterocycles. The van der Waals surface area contributed by atoms with E-state index in [-0.39, 0.29) is 10.8 Å². The minimum atomic E-state index is -3.81. The van der Waals surface area contributed by atoms with Gasteiger partial charge >= 0.3 is 0 Å². The van der Waals surface area contributed by atoms with E-state index >= 15 is 0 Å². The number of nitrogens with one attached hydrogen (secondary N) is 2. The molecule has 0 bridgehead atoms. The van der Waals surface area contributed by atoms with Crippen molar-refractivity contribution in [3.05, 3.63) is 30.8 Å². The summed E-state index contributed by atoms with van der Waals surface area (Å²) in [6.45, 7) is 8.61. The number of piperidine rings is 1. The van der Waals surface area contributed by atoms with Gasteiger partial charge in [0.25, 0.3) is 0 Å². The standard InChI is InChI=1S/C20H27N4O3S2/c1-14(25)22-15-8-9-16(18(12-15)29(26,27)23-20(2,3)4)17-13-21-19(28-17)24-10-6-5-7-11-24/h5,8-9,12-13,23H,6-7,10-11H2,1-4H3,(H,22,25). The van der Waals surface area contributed by atoms with E-state index in [1.807, 2.05) is 0 Å². The van der Waals surface area contributed by atoms with Crippen LogP contribution >= 0.6 is 11.3 Å². The highest BCUT2D eigenvalue weighted by Gasteiger charge is 2.27. The highest BCUT2D eigenvalue weighted by Crippen LogP contribution is 2.37. The zero-order valence-corrected chi connectivity index (χ0v) is 18.8. The Bertz CT molecular complexity index is 987.